The molecule has 4 nitrogen and oxygen atoms in total. The van der Waals surface area contributed by atoms with Gasteiger partial charge in [-0.05, 0) is 31.2 Å². The van der Waals surface area contributed by atoms with Crippen LogP contribution in [0.15, 0.2) is 24.3 Å². The summed E-state index contributed by atoms with van der Waals surface area (Å²) in [6.07, 6.45) is -5.46. The van der Waals surface area contributed by atoms with Crippen LogP contribution < -0.4 is 10.1 Å². The molecule has 0 heterocycles. The van der Waals surface area contributed by atoms with E-state index in [2.05, 4.69) is 14.8 Å². The molecule has 0 atom stereocenters. The van der Waals surface area contributed by atoms with Gasteiger partial charge in [-0.15, -0.1) is 13.2 Å². The molecule has 1 aromatic carbocycles. The van der Waals surface area contributed by atoms with Gasteiger partial charge >= 0.3 is 12.5 Å². The highest BCUT2D eigenvalue weighted by Crippen LogP contribution is 2.23. The van der Waals surface area contributed by atoms with Crippen molar-refractivity contribution in [1.82, 2.24) is 0 Å². The lowest BCUT2D eigenvalue weighted by atomic mass is 10.3. The summed E-state index contributed by atoms with van der Waals surface area (Å²) in [6.45, 7) is 2.69. The molecule has 0 aliphatic carbocycles. The fourth-order valence-electron chi connectivity index (χ4n) is 0.994. The summed E-state index contributed by atoms with van der Waals surface area (Å²) in [5, 5.41) is 2.30. The fraction of sp³-hybridized carbons (Fsp3) is 0.200. The SMILES string of the molecule is C[CH]OC(=O)Nc1ccc(OC(F)(F)F)cc1. The average molecular weight is 248 g/mol. The molecule has 0 saturated carbocycles. The van der Waals surface area contributed by atoms with Crippen molar-refractivity contribution >= 4 is 11.8 Å². The number of amides is 1. The number of hydrogen-bond acceptors (Lipinski definition) is 3. The predicted octanol–water partition coefficient (Wildman–Crippen LogP) is 3.32. The number of anilines is 1. The van der Waals surface area contributed by atoms with Gasteiger partial charge < -0.3 is 9.47 Å². The lowest BCUT2D eigenvalue weighted by molar-refractivity contribution is -0.274. The Hall–Kier alpha value is -1.92. The predicted molar refractivity (Wildman–Crippen MR) is 53.2 cm³/mol. The third kappa shape index (κ3) is 5.10. The van der Waals surface area contributed by atoms with Crippen molar-refractivity contribution in [2.75, 3.05) is 5.32 Å². The smallest absolute Gasteiger partial charge is 0.442 e. The van der Waals surface area contributed by atoms with E-state index in [1.807, 2.05) is 0 Å². The number of carbonyl (C=O) groups excluding carboxylic acids is 1. The Morgan fingerprint density at radius 3 is 2.35 bits per heavy atom. The monoisotopic (exact) mass is 248 g/mol. The Balaban J connectivity index is 2.59. The fourth-order valence-corrected chi connectivity index (χ4v) is 0.994. The summed E-state index contributed by atoms with van der Waals surface area (Å²) in [4.78, 5) is 11.0. The number of hydrogen-bond donors (Lipinski definition) is 1. The normalized spacial score (nSPS) is 10.8. The molecule has 93 valence electrons. The van der Waals surface area contributed by atoms with Crippen molar-refractivity contribution in [2.45, 2.75) is 13.3 Å². The van der Waals surface area contributed by atoms with Crippen LogP contribution in [0.5, 0.6) is 5.75 Å². The van der Waals surface area contributed by atoms with Crippen LogP contribution in [0.1, 0.15) is 6.92 Å². The molecule has 0 saturated heterocycles. The maximum Gasteiger partial charge on any atom is 0.573 e. The number of nitrogens with one attached hydrogen (secondary N) is 1. The number of halogens is 3. The van der Waals surface area contributed by atoms with Gasteiger partial charge in [0.05, 0.1) is 0 Å². The van der Waals surface area contributed by atoms with E-state index in [1.165, 1.54) is 25.7 Å². The third-order valence-corrected chi connectivity index (χ3v) is 1.56. The van der Waals surface area contributed by atoms with Gasteiger partial charge in [0.1, 0.15) is 12.4 Å². The Morgan fingerprint density at radius 1 is 1.29 bits per heavy atom. The minimum atomic E-state index is -4.73. The van der Waals surface area contributed by atoms with Gasteiger partial charge in [0.25, 0.3) is 0 Å². The van der Waals surface area contributed by atoms with E-state index < -0.39 is 12.5 Å². The third-order valence-electron chi connectivity index (χ3n) is 1.56. The van der Waals surface area contributed by atoms with Crippen molar-refractivity contribution < 1.29 is 27.4 Å². The highest BCUT2D eigenvalue weighted by Gasteiger charge is 2.30. The molecule has 1 radical (unpaired) electrons. The van der Waals surface area contributed by atoms with Crippen LogP contribution in [-0.4, -0.2) is 12.5 Å². The number of rotatable bonds is 3. The molecule has 0 aromatic heterocycles. The maximum absolute atomic E-state index is 11.8. The van der Waals surface area contributed by atoms with Crippen LogP contribution >= 0.6 is 0 Å². The summed E-state index contributed by atoms with van der Waals surface area (Å²) in [6, 6.07) is 4.69. The van der Waals surface area contributed by atoms with Gasteiger partial charge in [0.2, 0.25) is 0 Å². The van der Waals surface area contributed by atoms with Gasteiger partial charge in [0.15, 0.2) is 0 Å². The molecule has 7 heteroatoms. The Bertz CT molecular complexity index is 375. The minimum Gasteiger partial charge on any atom is -0.442 e. The first-order valence-electron chi connectivity index (χ1n) is 4.52. The Morgan fingerprint density at radius 2 is 1.88 bits per heavy atom. The lowest BCUT2D eigenvalue weighted by Gasteiger charge is -2.09. The first kappa shape index (κ1) is 13.1. The lowest BCUT2D eigenvalue weighted by Crippen LogP contribution is -2.17. The molecule has 0 aliphatic heterocycles. The van der Waals surface area contributed by atoms with Crippen LogP contribution in [0.2, 0.25) is 0 Å². The van der Waals surface area contributed by atoms with E-state index >= 15 is 0 Å². The standard InChI is InChI=1S/C10H9F3NO3/c1-2-16-9(15)14-7-3-5-8(6-4-7)17-10(11,12)13/h2-6H,1H3,(H,14,15). The highest BCUT2D eigenvalue weighted by atomic mass is 19.4. The zero-order valence-corrected chi connectivity index (χ0v) is 8.75. The van der Waals surface area contributed by atoms with E-state index in [1.54, 1.807) is 0 Å². The topological polar surface area (TPSA) is 47.6 Å². The summed E-state index contributed by atoms with van der Waals surface area (Å²) in [5.74, 6) is -0.363. The molecule has 0 fully saturated rings. The maximum atomic E-state index is 11.8. The first-order chi connectivity index (χ1) is 7.90. The summed E-state index contributed by atoms with van der Waals surface area (Å²) >= 11 is 0. The van der Waals surface area contributed by atoms with Crippen molar-refractivity contribution in [3.8, 4) is 5.75 Å². The van der Waals surface area contributed by atoms with Crippen LogP contribution in [-0.2, 0) is 4.74 Å². The minimum absolute atomic E-state index is 0.298. The van der Waals surface area contributed by atoms with Crippen LogP contribution in [0, 0.1) is 6.61 Å². The van der Waals surface area contributed by atoms with Gasteiger partial charge in [-0.2, -0.15) is 0 Å². The quantitative estimate of drug-likeness (QED) is 0.892. The molecule has 0 bridgehead atoms. The van der Waals surface area contributed by atoms with E-state index in [9.17, 15) is 18.0 Å². The summed E-state index contributed by atoms with van der Waals surface area (Å²) in [7, 11) is 0. The van der Waals surface area contributed by atoms with E-state index in [0.717, 1.165) is 12.1 Å². The number of benzene rings is 1. The average Bonchev–Trinajstić information content (AvgIpc) is 2.19. The van der Waals surface area contributed by atoms with Gasteiger partial charge in [0, 0.05) is 5.69 Å². The van der Waals surface area contributed by atoms with Crippen molar-refractivity contribution in [3.63, 3.8) is 0 Å². The van der Waals surface area contributed by atoms with E-state index in [-0.39, 0.29) is 5.75 Å². The summed E-state index contributed by atoms with van der Waals surface area (Å²) < 4.78 is 43.6. The second-order valence-electron chi connectivity index (χ2n) is 2.84. The van der Waals surface area contributed by atoms with Crippen molar-refractivity contribution in [1.29, 1.82) is 0 Å². The number of carbonyl (C=O) groups is 1. The molecule has 1 amide bonds. The highest BCUT2D eigenvalue weighted by molar-refractivity contribution is 5.84. The zero-order chi connectivity index (χ0) is 12.9. The summed E-state index contributed by atoms with van der Waals surface area (Å²) in [5.41, 5.74) is 0.298. The largest absolute Gasteiger partial charge is 0.573 e. The molecule has 1 aromatic rings. The Kier molecular flexibility index (Phi) is 4.19. The van der Waals surface area contributed by atoms with Gasteiger partial charge in [-0.25, -0.2) is 4.79 Å². The first-order valence-corrected chi connectivity index (χ1v) is 4.52. The van der Waals surface area contributed by atoms with Crippen molar-refractivity contribution in [3.05, 3.63) is 30.9 Å². The van der Waals surface area contributed by atoms with Crippen LogP contribution in [0.25, 0.3) is 0 Å². The van der Waals surface area contributed by atoms with Crippen LogP contribution in [0.4, 0.5) is 23.7 Å². The zero-order valence-electron chi connectivity index (χ0n) is 8.75. The van der Waals surface area contributed by atoms with E-state index in [0.29, 0.717) is 5.69 Å². The molecule has 0 unspecified atom stereocenters. The van der Waals surface area contributed by atoms with Crippen molar-refractivity contribution in [2.24, 2.45) is 0 Å². The van der Waals surface area contributed by atoms with Gasteiger partial charge in [-0.3, -0.25) is 5.32 Å². The molecule has 1 N–H and O–H groups in total. The molecular weight excluding hydrogens is 239 g/mol. The van der Waals surface area contributed by atoms with Crippen LogP contribution in [0.3, 0.4) is 0 Å². The van der Waals surface area contributed by atoms with Gasteiger partial charge in [-0.1, -0.05) is 0 Å². The molecule has 0 spiro atoms. The molecule has 0 aliphatic rings. The van der Waals surface area contributed by atoms with E-state index in [4.69, 9.17) is 0 Å². The molecular formula is C10H9F3NO3. The molecule has 1 rings (SSSR count). The Labute approximate surface area is 95.3 Å². The number of ether oxygens (including phenoxy) is 2. The second-order valence-corrected chi connectivity index (χ2v) is 2.84. The second kappa shape index (κ2) is 5.42. The molecule has 17 heavy (non-hydrogen) atoms. The number of alkyl halides is 3.